The van der Waals surface area contributed by atoms with Gasteiger partial charge in [-0.15, -0.1) is 12.4 Å². The van der Waals surface area contributed by atoms with Crippen molar-refractivity contribution in [2.75, 3.05) is 26.2 Å². The molecule has 1 saturated heterocycles. The SMILES string of the molecule is CCOC(=O)C(C)NC(=O)C(Cc1ccccc1)CN1CCC(C)(c2cccc(O)c2)C(C)C1.Cl. The quantitative estimate of drug-likeness (QED) is 0.499. The van der Waals surface area contributed by atoms with Gasteiger partial charge in [0.25, 0.3) is 0 Å². The van der Waals surface area contributed by atoms with E-state index < -0.39 is 12.0 Å². The largest absolute Gasteiger partial charge is 0.508 e. The number of phenolic OH excluding ortho intramolecular Hbond substituents is 1. The molecule has 2 N–H and O–H groups in total. The first-order valence-corrected chi connectivity index (χ1v) is 12.3. The minimum Gasteiger partial charge on any atom is -0.508 e. The Kier molecular flexibility index (Phi) is 10.6. The number of nitrogens with one attached hydrogen (secondary N) is 1. The molecule has 0 radical (unpaired) electrons. The zero-order valence-electron chi connectivity index (χ0n) is 21.2. The summed E-state index contributed by atoms with van der Waals surface area (Å²) in [5.74, 6) is -0.177. The summed E-state index contributed by atoms with van der Waals surface area (Å²) in [7, 11) is 0. The van der Waals surface area contributed by atoms with E-state index in [0.717, 1.165) is 30.6 Å². The van der Waals surface area contributed by atoms with Gasteiger partial charge in [-0.05, 0) is 67.8 Å². The predicted molar refractivity (Wildman–Crippen MR) is 141 cm³/mol. The summed E-state index contributed by atoms with van der Waals surface area (Å²) >= 11 is 0. The number of carbonyl (C=O) groups excluding carboxylic acids is 2. The smallest absolute Gasteiger partial charge is 0.328 e. The van der Waals surface area contributed by atoms with Crippen LogP contribution in [0.1, 0.15) is 45.2 Å². The number of hydrogen-bond acceptors (Lipinski definition) is 5. The fourth-order valence-electron chi connectivity index (χ4n) is 4.88. The van der Waals surface area contributed by atoms with Crippen molar-refractivity contribution in [3.05, 3.63) is 65.7 Å². The van der Waals surface area contributed by atoms with Gasteiger partial charge in [0.05, 0.1) is 12.5 Å². The van der Waals surface area contributed by atoms with Crippen LogP contribution in [0.4, 0.5) is 0 Å². The molecule has 192 valence electrons. The van der Waals surface area contributed by atoms with Gasteiger partial charge < -0.3 is 20.1 Å². The number of amides is 1. The molecule has 0 bridgehead atoms. The van der Waals surface area contributed by atoms with Gasteiger partial charge in [-0.2, -0.15) is 0 Å². The van der Waals surface area contributed by atoms with Crippen molar-refractivity contribution in [2.24, 2.45) is 11.8 Å². The third-order valence-electron chi connectivity index (χ3n) is 7.25. The highest BCUT2D eigenvalue weighted by molar-refractivity contribution is 5.86. The summed E-state index contributed by atoms with van der Waals surface area (Å²) in [5, 5.41) is 12.8. The number of halogens is 1. The lowest BCUT2D eigenvalue weighted by atomic mass is 9.68. The third kappa shape index (κ3) is 7.45. The molecule has 1 fully saturated rings. The first kappa shape index (κ1) is 28.7. The van der Waals surface area contributed by atoms with Crippen molar-refractivity contribution in [1.29, 1.82) is 0 Å². The molecule has 3 rings (SSSR count). The zero-order chi connectivity index (χ0) is 24.7. The molecular weight excluding hydrogens is 464 g/mol. The predicted octanol–water partition coefficient (Wildman–Crippen LogP) is 4.34. The maximum absolute atomic E-state index is 13.2. The first-order valence-electron chi connectivity index (χ1n) is 12.3. The summed E-state index contributed by atoms with van der Waals surface area (Å²) in [6, 6.07) is 16.9. The van der Waals surface area contributed by atoms with Crippen LogP contribution in [0.5, 0.6) is 5.75 Å². The van der Waals surface area contributed by atoms with Gasteiger partial charge in [-0.3, -0.25) is 4.79 Å². The lowest BCUT2D eigenvalue weighted by Gasteiger charge is -2.45. The molecule has 35 heavy (non-hydrogen) atoms. The molecule has 1 aliphatic heterocycles. The minimum atomic E-state index is -0.681. The molecule has 0 aliphatic carbocycles. The van der Waals surface area contributed by atoms with Crippen LogP contribution in [-0.2, 0) is 26.2 Å². The number of rotatable bonds is 9. The molecule has 1 aliphatic rings. The Morgan fingerprint density at radius 2 is 1.91 bits per heavy atom. The molecule has 4 unspecified atom stereocenters. The molecule has 2 aromatic rings. The molecule has 2 aromatic carbocycles. The molecule has 1 amide bonds. The number of esters is 1. The standard InChI is InChI=1S/C28H38N2O4.ClH/c1-5-34-27(33)21(3)29-26(32)23(16-22-10-7-6-8-11-22)19-30-15-14-28(4,20(2)18-30)24-12-9-13-25(31)17-24;/h6-13,17,20-21,23,31H,5,14-16,18-19H2,1-4H3,(H,29,32);1H. The van der Waals surface area contributed by atoms with Crippen LogP contribution in [-0.4, -0.2) is 54.2 Å². The van der Waals surface area contributed by atoms with Crippen molar-refractivity contribution in [2.45, 2.75) is 52.0 Å². The monoisotopic (exact) mass is 502 g/mol. The molecule has 0 saturated carbocycles. The van der Waals surface area contributed by atoms with E-state index >= 15 is 0 Å². The molecule has 0 aromatic heterocycles. The van der Waals surface area contributed by atoms with Gasteiger partial charge in [0.2, 0.25) is 5.91 Å². The zero-order valence-corrected chi connectivity index (χ0v) is 22.0. The number of likely N-dealkylation sites (tertiary alicyclic amines) is 1. The number of carbonyl (C=O) groups is 2. The number of aromatic hydroxyl groups is 1. The Balaban J connectivity index is 0.00000432. The Labute approximate surface area is 215 Å². The van der Waals surface area contributed by atoms with E-state index in [0.29, 0.717) is 24.6 Å². The first-order chi connectivity index (χ1) is 16.2. The van der Waals surface area contributed by atoms with E-state index in [1.807, 2.05) is 42.5 Å². The van der Waals surface area contributed by atoms with Crippen LogP contribution in [0.2, 0.25) is 0 Å². The second-order valence-corrected chi connectivity index (χ2v) is 9.75. The summed E-state index contributed by atoms with van der Waals surface area (Å²) in [6.45, 7) is 10.6. The van der Waals surface area contributed by atoms with E-state index in [9.17, 15) is 14.7 Å². The minimum absolute atomic E-state index is 0. The fraction of sp³-hybridized carbons (Fsp3) is 0.500. The second kappa shape index (κ2) is 12.9. The van der Waals surface area contributed by atoms with Gasteiger partial charge in [0.15, 0.2) is 0 Å². The average Bonchev–Trinajstić information content (AvgIpc) is 2.82. The maximum atomic E-state index is 13.2. The molecule has 4 atom stereocenters. The number of nitrogens with zero attached hydrogens (tertiary/aromatic N) is 1. The van der Waals surface area contributed by atoms with Crippen LogP contribution >= 0.6 is 12.4 Å². The Hall–Kier alpha value is -2.57. The summed E-state index contributed by atoms with van der Waals surface area (Å²) < 4.78 is 5.06. The van der Waals surface area contributed by atoms with E-state index in [1.165, 1.54) is 0 Å². The van der Waals surface area contributed by atoms with Gasteiger partial charge >= 0.3 is 5.97 Å². The molecule has 7 heteroatoms. The van der Waals surface area contributed by atoms with Crippen molar-refractivity contribution in [1.82, 2.24) is 10.2 Å². The van der Waals surface area contributed by atoms with Gasteiger partial charge in [0.1, 0.15) is 11.8 Å². The number of ether oxygens (including phenoxy) is 1. The van der Waals surface area contributed by atoms with Crippen molar-refractivity contribution < 1.29 is 19.4 Å². The van der Waals surface area contributed by atoms with E-state index in [-0.39, 0.29) is 36.3 Å². The highest BCUT2D eigenvalue weighted by atomic mass is 35.5. The number of piperidine rings is 1. The third-order valence-corrected chi connectivity index (χ3v) is 7.25. The fourth-order valence-corrected chi connectivity index (χ4v) is 4.88. The Morgan fingerprint density at radius 3 is 2.54 bits per heavy atom. The highest BCUT2D eigenvalue weighted by Gasteiger charge is 2.39. The van der Waals surface area contributed by atoms with Crippen LogP contribution < -0.4 is 5.32 Å². The normalized spacial score (nSPS) is 21.9. The van der Waals surface area contributed by atoms with Crippen molar-refractivity contribution in [3.63, 3.8) is 0 Å². The van der Waals surface area contributed by atoms with Gasteiger partial charge in [0, 0.05) is 13.1 Å². The Bertz CT molecular complexity index is 970. The van der Waals surface area contributed by atoms with Crippen molar-refractivity contribution >= 4 is 24.3 Å². The van der Waals surface area contributed by atoms with E-state index in [2.05, 4.69) is 30.1 Å². The van der Waals surface area contributed by atoms with Crippen LogP contribution in [0, 0.1) is 11.8 Å². The average molecular weight is 503 g/mol. The molecular formula is C28H39ClN2O4. The lowest BCUT2D eigenvalue weighted by molar-refractivity contribution is -0.147. The van der Waals surface area contributed by atoms with E-state index in [1.54, 1.807) is 19.9 Å². The Morgan fingerprint density at radius 1 is 1.20 bits per heavy atom. The number of hydrogen-bond donors (Lipinski definition) is 2. The van der Waals surface area contributed by atoms with Crippen LogP contribution in [0.25, 0.3) is 0 Å². The topological polar surface area (TPSA) is 78.9 Å². The van der Waals surface area contributed by atoms with Crippen LogP contribution in [0.3, 0.4) is 0 Å². The second-order valence-electron chi connectivity index (χ2n) is 9.75. The van der Waals surface area contributed by atoms with Crippen molar-refractivity contribution in [3.8, 4) is 5.75 Å². The summed E-state index contributed by atoms with van der Waals surface area (Å²) in [6.07, 6.45) is 1.55. The molecule has 6 nitrogen and oxygen atoms in total. The lowest BCUT2D eigenvalue weighted by Crippen LogP contribution is -2.51. The number of benzene rings is 2. The summed E-state index contributed by atoms with van der Waals surface area (Å²) in [4.78, 5) is 27.7. The molecule has 0 spiro atoms. The highest BCUT2D eigenvalue weighted by Crippen LogP contribution is 2.40. The van der Waals surface area contributed by atoms with Gasteiger partial charge in [-0.25, -0.2) is 4.79 Å². The van der Waals surface area contributed by atoms with Gasteiger partial charge in [-0.1, -0.05) is 56.3 Å². The molecule has 1 heterocycles. The summed E-state index contributed by atoms with van der Waals surface area (Å²) in [5.41, 5.74) is 2.22. The number of phenols is 1. The van der Waals surface area contributed by atoms with E-state index in [4.69, 9.17) is 4.74 Å². The van der Waals surface area contributed by atoms with Crippen LogP contribution in [0.15, 0.2) is 54.6 Å². The maximum Gasteiger partial charge on any atom is 0.328 e.